The Bertz CT molecular complexity index is 380. The fraction of sp³-hybridized carbons (Fsp3) is 0.375. The van der Waals surface area contributed by atoms with Crippen LogP contribution in [0.4, 0.5) is 0 Å². The van der Waals surface area contributed by atoms with Crippen LogP contribution in [0.3, 0.4) is 0 Å². The van der Waals surface area contributed by atoms with E-state index in [1.807, 2.05) is 0 Å². The SMILES string of the molecule is CN/N=C(/C)c1nc[nH]c(=O)c1C. The zero-order chi connectivity index (χ0) is 9.84. The van der Waals surface area contributed by atoms with E-state index in [-0.39, 0.29) is 5.56 Å². The highest BCUT2D eigenvalue weighted by Gasteiger charge is 2.05. The van der Waals surface area contributed by atoms with Gasteiger partial charge in [-0.3, -0.25) is 4.79 Å². The van der Waals surface area contributed by atoms with Gasteiger partial charge in [-0.1, -0.05) is 0 Å². The Balaban J connectivity index is 3.23. The maximum atomic E-state index is 11.2. The average molecular weight is 180 g/mol. The van der Waals surface area contributed by atoms with Crippen molar-refractivity contribution in [3.05, 3.63) is 27.9 Å². The molecule has 0 saturated carbocycles. The normalized spacial score (nSPS) is 11.5. The maximum Gasteiger partial charge on any atom is 0.254 e. The first kappa shape index (κ1) is 9.44. The molecule has 0 fully saturated rings. The third-order valence-corrected chi connectivity index (χ3v) is 1.71. The molecule has 0 bridgehead atoms. The number of H-pyrrole nitrogens is 1. The van der Waals surface area contributed by atoms with Gasteiger partial charge in [-0.15, -0.1) is 0 Å². The predicted molar refractivity (Wildman–Crippen MR) is 50.9 cm³/mol. The van der Waals surface area contributed by atoms with Gasteiger partial charge < -0.3 is 10.4 Å². The van der Waals surface area contributed by atoms with E-state index in [9.17, 15) is 4.79 Å². The summed E-state index contributed by atoms with van der Waals surface area (Å²) in [5.74, 6) is 0. The molecule has 0 amide bonds. The van der Waals surface area contributed by atoms with Crippen molar-refractivity contribution in [3.8, 4) is 0 Å². The molecule has 0 aromatic carbocycles. The summed E-state index contributed by atoms with van der Waals surface area (Å²) in [7, 11) is 1.70. The lowest BCUT2D eigenvalue weighted by atomic mass is 10.2. The molecule has 1 aromatic heterocycles. The van der Waals surface area contributed by atoms with Crippen LogP contribution in [0, 0.1) is 6.92 Å². The number of hydrazone groups is 1. The Morgan fingerprint density at radius 2 is 2.38 bits per heavy atom. The average Bonchev–Trinajstić information content (AvgIpc) is 2.10. The van der Waals surface area contributed by atoms with Gasteiger partial charge in [0.25, 0.3) is 5.56 Å². The first-order valence-corrected chi connectivity index (χ1v) is 3.92. The van der Waals surface area contributed by atoms with Crippen molar-refractivity contribution < 1.29 is 0 Å². The highest BCUT2D eigenvalue weighted by Crippen LogP contribution is 1.98. The van der Waals surface area contributed by atoms with Crippen LogP contribution in [0.2, 0.25) is 0 Å². The summed E-state index contributed by atoms with van der Waals surface area (Å²) in [4.78, 5) is 17.7. The van der Waals surface area contributed by atoms with Crippen LogP contribution in [0.5, 0.6) is 0 Å². The van der Waals surface area contributed by atoms with Gasteiger partial charge in [0.05, 0.1) is 17.7 Å². The van der Waals surface area contributed by atoms with Gasteiger partial charge in [-0.25, -0.2) is 4.98 Å². The van der Waals surface area contributed by atoms with Crippen molar-refractivity contribution >= 4 is 5.71 Å². The molecule has 0 aliphatic carbocycles. The number of nitrogens with one attached hydrogen (secondary N) is 2. The Morgan fingerprint density at radius 3 is 3.00 bits per heavy atom. The Morgan fingerprint density at radius 1 is 1.69 bits per heavy atom. The van der Waals surface area contributed by atoms with Crippen LogP contribution in [0.1, 0.15) is 18.2 Å². The summed E-state index contributed by atoms with van der Waals surface area (Å²) in [6.45, 7) is 3.51. The molecule has 0 radical (unpaired) electrons. The molecule has 70 valence electrons. The smallest absolute Gasteiger partial charge is 0.254 e. The molecule has 0 aliphatic rings. The number of aromatic amines is 1. The molecule has 1 heterocycles. The van der Waals surface area contributed by atoms with Crippen molar-refractivity contribution in [3.63, 3.8) is 0 Å². The number of rotatable bonds is 2. The van der Waals surface area contributed by atoms with Crippen LogP contribution in [0.15, 0.2) is 16.2 Å². The lowest BCUT2D eigenvalue weighted by Crippen LogP contribution is -2.17. The van der Waals surface area contributed by atoms with Crippen molar-refractivity contribution in [1.29, 1.82) is 0 Å². The van der Waals surface area contributed by atoms with E-state index < -0.39 is 0 Å². The molecule has 0 spiro atoms. The van der Waals surface area contributed by atoms with E-state index in [0.717, 1.165) is 0 Å². The van der Waals surface area contributed by atoms with Crippen molar-refractivity contribution in [1.82, 2.24) is 15.4 Å². The van der Waals surface area contributed by atoms with Crippen LogP contribution in [0.25, 0.3) is 0 Å². The minimum Gasteiger partial charge on any atom is -0.313 e. The molecule has 0 saturated heterocycles. The molecule has 1 rings (SSSR count). The molecular formula is C8H12N4O. The quantitative estimate of drug-likeness (QED) is 0.498. The molecule has 0 atom stereocenters. The Kier molecular flexibility index (Phi) is 2.79. The van der Waals surface area contributed by atoms with Crippen molar-refractivity contribution in [2.24, 2.45) is 5.10 Å². The number of nitrogens with zero attached hydrogens (tertiary/aromatic N) is 2. The summed E-state index contributed by atoms with van der Waals surface area (Å²) in [6.07, 6.45) is 1.37. The first-order valence-electron chi connectivity index (χ1n) is 3.92. The van der Waals surface area contributed by atoms with Gasteiger partial charge >= 0.3 is 0 Å². The third-order valence-electron chi connectivity index (χ3n) is 1.71. The summed E-state index contributed by atoms with van der Waals surface area (Å²) in [5.41, 5.74) is 4.43. The van der Waals surface area contributed by atoms with Crippen LogP contribution >= 0.6 is 0 Å². The van der Waals surface area contributed by atoms with Crippen LogP contribution < -0.4 is 11.0 Å². The second-order valence-electron chi connectivity index (χ2n) is 2.63. The summed E-state index contributed by atoms with van der Waals surface area (Å²) in [5, 5.41) is 3.95. The summed E-state index contributed by atoms with van der Waals surface area (Å²) < 4.78 is 0. The highest BCUT2D eigenvalue weighted by atomic mass is 16.1. The fourth-order valence-electron chi connectivity index (χ4n) is 1.05. The number of aromatic nitrogens is 2. The lowest BCUT2D eigenvalue weighted by Gasteiger charge is -2.01. The molecule has 0 unspecified atom stereocenters. The molecule has 5 heteroatoms. The maximum absolute atomic E-state index is 11.2. The van der Waals surface area contributed by atoms with E-state index in [1.165, 1.54) is 6.33 Å². The summed E-state index contributed by atoms with van der Waals surface area (Å²) in [6, 6.07) is 0. The molecule has 2 N–H and O–H groups in total. The van der Waals surface area contributed by atoms with Gasteiger partial charge in [0, 0.05) is 12.6 Å². The summed E-state index contributed by atoms with van der Waals surface area (Å²) >= 11 is 0. The van der Waals surface area contributed by atoms with E-state index in [2.05, 4.69) is 20.5 Å². The molecule has 5 nitrogen and oxygen atoms in total. The monoisotopic (exact) mass is 180 g/mol. The fourth-order valence-corrected chi connectivity index (χ4v) is 1.05. The van der Waals surface area contributed by atoms with E-state index in [4.69, 9.17) is 0 Å². The third kappa shape index (κ3) is 1.93. The highest BCUT2D eigenvalue weighted by molar-refractivity contribution is 5.97. The van der Waals surface area contributed by atoms with E-state index in [1.54, 1.807) is 20.9 Å². The lowest BCUT2D eigenvalue weighted by molar-refractivity contribution is 0.895. The predicted octanol–water partition coefficient (Wildman–Crippen LogP) is 0.0217. The minimum absolute atomic E-state index is 0.129. The van der Waals surface area contributed by atoms with Gasteiger partial charge in [0.1, 0.15) is 0 Å². The number of hydrogen-bond acceptors (Lipinski definition) is 4. The second kappa shape index (κ2) is 3.84. The zero-order valence-corrected chi connectivity index (χ0v) is 7.88. The topological polar surface area (TPSA) is 70.1 Å². The van der Waals surface area contributed by atoms with Gasteiger partial charge in [-0.05, 0) is 13.8 Å². The van der Waals surface area contributed by atoms with Gasteiger partial charge in [-0.2, -0.15) is 5.10 Å². The Hall–Kier alpha value is -1.65. The largest absolute Gasteiger partial charge is 0.313 e. The zero-order valence-electron chi connectivity index (χ0n) is 7.88. The van der Waals surface area contributed by atoms with Crippen LogP contribution in [-0.2, 0) is 0 Å². The molecular weight excluding hydrogens is 168 g/mol. The standard InChI is InChI=1S/C8H12N4O/c1-5-7(6(2)12-9-3)10-4-11-8(5)13/h4,9H,1-3H3,(H,10,11,13)/b12-6-. The molecule has 13 heavy (non-hydrogen) atoms. The molecule has 0 aliphatic heterocycles. The molecule has 1 aromatic rings. The minimum atomic E-state index is -0.129. The van der Waals surface area contributed by atoms with Crippen molar-refractivity contribution in [2.75, 3.05) is 7.05 Å². The van der Waals surface area contributed by atoms with Crippen LogP contribution in [-0.4, -0.2) is 22.7 Å². The van der Waals surface area contributed by atoms with E-state index in [0.29, 0.717) is 17.0 Å². The van der Waals surface area contributed by atoms with Gasteiger partial charge in [0.15, 0.2) is 0 Å². The van der Waals surface area contributed by atoms with E-state index >= 15 is 0 Å². The van der Waals surface area contributed by atoms with Crippen molar-refractivity contribution in [2.45, 2.75) is 13.8 Å². The van der Waals surface area contributed by atoms with Gasteiger partial charge in [0.2, 0.25) is 0 Å². The second-order valence-corrected chi connectivity index (χ2v) is 2.63. The number of hydrogen-bond donors (Lipinski definition) is 2. The first-order chi connectivity index (χ1) is 6.16. The Labute approximate surface area is 75.9 Å².